The molecule has 3 aromatic rings. The van der Waals surface area contributed by atoms with Crippen LogP contribution in [0.5, 0.6) is 0 Å². The summed E-state index contributed by atoms with van der Waals surface area (Å²) in [6, 6.07) is 14.4. The van der Waals surface area contributed by atoms with Gasteiger partial charge in [-0.25, -0.2) is 4.98 Å². The van der Waals surface area contributed by atoms with Crippen molar-refractivity contribution in [1.29, 1.82) is 5.26 Å². The summed E-state index contributed by atoms with van der Waals surface area (Å²) in [5, 5.41) is 19.0. The van der Waals surface area contributed by atoms with Gasteiger partial charge < -0.3 is 10.6 Å². The molecule has 0 unspecified atom stereocenters. The summed E-state index contributed by atoms with van der Waals surface area (Å²) in [7, 11) is 1.77. The van der Waals surface area contributed by atoms with Crippen LogP contribution in [0.2, 0.25) is 0 Å². The lowest BCUT2D eigenvalue weighted by molar-refractivity contribution is 0.102. The quantitative estimate of drug-likeness (QED) is 0.766. The van der Waals surface area contributed by atoms with Crippen molar-refractivity contribution in [3.63, 3.8) is 0 Å². The fourth-order valence-corrected chi connectivity index (χ4v) is 2.31. The Morgan fingerprint density at radius 3 is 2.80 bits per heavy atom. The minimum atomic E-state index is -0.360. The summed E-state index contributed by atoms with van der Waals surface area (Å²) in [4.78, 5) is 16.9. The lowest BCUT2D eigenvalue weighted by Crippen LogP contribution is -2.16. The highest BCUT2D eigenvalue weighted by Crippen LogP contribution is 2.22. The fraction of sp³-hybridized carbons (Fsp3) is 0.111. The van der Waals surface area contributed by atoms with Crippen molar-refractivity contribution >= 4 is 23.1 Å². The Labute approximate surface area is 144 Å². The summed E-state index contributed by atoms with van der Waals surface area (Å²) in [6.07, 6.45) is 1.74. The van der Waals surface area contributed by atoms with Crippen molar-refractivity contribution in [2.45, 2.75) is 6.92 Å². The minimum Gasteiger partial charge on any atom is -0.354 e. The smallest absolute Gasteiger partial charge is 0.277 e. The zero-order valence-corrected chi connectivity index (χ0v) is 13.8. The molecule has 2 N–H and O–H groups in total. The van der Waals surface area contributed by atoms with Crippen molar-refractivity contribution in [3.8, 4) is 6.07 Å². The van der Waals surface area contributed by atoms with Crippen LogP contribution < -0.4 is 10.6 Å². The third-order valence-electron chi connectivity index (χ3n) is 3.48. The predicted octanol–water partition coefficient (Wildman–Crippen LogP) is 2.99. The molecule has 1 aromatic carbocycles. The summed E-state index contributed by atoms with van der Waals surface area (Å²) in [5.74, 6) is 0.0922. The number of hydrogen-bond acceptors (Lipinski definition) is 5. The number of nitrogens with one attached hydrogen (secondary N) is 2. The Morgan fingerprint density at radius 2 is 2.08 bits per heavy atom. The van der Waals surface area contributed by atoms with Crippen LogP contribution in [0.25, 0.3) is 0 Å². The molecular formula is C18H16N6O. The van der Waals surface area contributed by atoms with Gasteiger partial charge in [0.25, 0.3) is 5.91 Å². The van der Waals surface area contributed by atoms with Crippen LogP contribution in [0.4, 0.5) is 17.2 Å². The van der Waals surface area contributed by atoms with Gasteiger partial charge in [0.2, 0.25) is 0 Å². The van der Waals surface area contributed by atoms with E-state index in [0.29, 0.717) is 22.8 Å². The molecule has 0 aliphatic rings. The van der Waals surface area contributed by atoms with Gasteiger partial charge in [0.05, 0.1) is 17.3 Å². The van der Waals surface area contributed by atoms with Crippen LogP contribution in [0.15, 0.2) is 48.7 Å². The lowest BCUT2D eigenvalue weighted by atomic mass is 10.2. The van der Waals surface area contributed by atoms with Crippen LogP contribution in [0, 0.1) is 18.3 Å². The Kier molecular flexibility index (Phi) is 4.44. The van der Waals surface area contributed by atoms with E-state index in [0.717, 1.165) is 5.69 Å². The second kappa shape index (κ2) is 6.84. The zero-order valence-electron chi connectivity index (χ0n) is 13.8. The van der Waals surface area contributed by atoms with E-state index < -0.39 is 0 Å². The number of nitriles is 1. The number of pyridine rings is 1. The van der Waals surface area contributed by atoms with Gasteiger partial charge in [-0.2, -0.15) is 10.4 Å². The molecule has 1 amide bonds. The lowest BCUT2D eigenvalue weighted by Gasteiger charge is -2.12. The van der Waals surface area contributed by atoms with E-state index in [4.69, 9.17) is 5.26 Å². The Bertz CT molecular complexity index is 970. The molecule has 3 rings (SSSR count). The molecule has 0 fully saturated rings. The first-order valence-electron chi connectivity index (χ1n) is 7.61. The summed E-state index contributed by atoms with van der Waals surface area (Å²) in [6.45, 7) is 1.82. The first kappa shape index (κ1) is 16.2. The number of benzene rings is 1. The summed E-state index contributed by atoms with van der Waals surface area (Å²) in [5.41, 5.74) is 2.77. The number of amides is 1. The number of hydrogen-bond donors (Lipinski definition) is 2. The van der Waals surface area contributed by atoms with Gasteiger partial charge in [0.1, 0.15) is 0 Å². The standard InChI is InChI=1S/C18H16N6O/c1-12-6-7-15(21-14-5-3-4-13(10-14)11-19)17(20-12)18(25)22-16-8-9-24(2)23-16/h3-10,21H,1-2H3,(H,22,23,25). The molecular weight excluding hydrogens is 316 g/mol. The highest BCUT2D eigenvalue weighted by molar-refractivity contribution is 6.06. The predicted molar refractivity (Wildman–Crippen MR) is 94.6 cm³/mol. The molecule has 0 spiro atoms. The van der Waals surface area contributed by atoms with Gasteiger partial charge >= 0.3 is 0 Å². The van der Waals surface area contributed by atoms with Gasteiger partial charge in [-0.15, -0.1) is 0 Å². The summed E-state index contributed by atoms with van der Waals surface area (Å²) >= 11 is 0. The average Bonchev–Trinajstić information content (AvgIpc) is 3.01. The number of aromatic nitrogens is 3. The number of nitrogens with zero attached hydrogens (tertiary/aromatic N) is 4. The molecule has 0 bridgehead atoms. The molecule has 25 heavy (non-hydrogen) atoms. The van der Waals surface area contributed by atoms with E-state index in [-0.39, 0.29) is 11.6 Å². The van der Waals surface area contributed by atoms with E-state index in [1.54, 1.807) is 48.3 Å². The monoisotopic (exact) mass is 332 g/mol. The van der Waals surface area contributed by atoms with E-state index in [9.17, 15) is 4.79 Å². The molecule has 2 heterocycles. The van der Waals surface area contributed by atoms with E-state index in [1.165, 1.54) is 0 Å². The molecule has 7 nitrogen and oxygen atoms in total. The van der Waals surface area contributed by atoms with Crippen LogP contribution in [0.3, 0.4) is 0 Å². The molecule has 0 saturated carbocycles. The Morgan fingerprint density at radius 1 is 1.24 bits per heavy atom. The van der Waals surface area contributed by atoms with E-state index >= 15 is 0 Å². The molecule has 7 heteroatoms. The first-order chi connectivity index (χ1) is 12.0. The van der Waals surface area contributed by atoms with Crippen molar-refractivity contribution in [2.75, 3.05) is 10.6 Å². The van der Waals surface area contributed by atoms with Gasteiger partial charge in [0, 0.05) is 30.7 Å². The van der Waals surface area contributed by atoms with E-state index in [1.807, 2.05) is 19.1 Å². The first-order valence-corrected chi connectivity index (χ1v) is 7.61. The van der Waals surface area contributed by atoms with Crippen LogP contribution in [-0.4, -0.2) is 20.7 Å². The Balaban J connectivity index is 1.89. The molecule has 2 aromatic heterocycles. The number of aryl methyl sites for hydroxylation is 2. The second-order valence-corrected chi connectivity index (χ2v) is 5.50. The third-order valence-corrected chi connectivity index (χ3v) is 3.48. The molecule has 0 aliphatic heterocycles. The highest BCUT2D eigenvalue weighted by Gasteiger charge is 2.15. The number of rotatable bonds is 4. The van der Waals surface area contributed by atoms with E-state index in [2.05, 4.69) is 26.8 Å². The maximum absolute atomic E-state index is 12.6. The highest BCUT2D eigenvalue weighted by atomic mass is 16.2. The minimum absolute atomic E-state index is 0.257. The molecule has 124 valence electrons. The maximum Gasteiger partial charge on any atom is 0.277 e. The second-order valence-electron chi connectivity index (χ2n) is 5.50. The zero-order chi connectivity index (χ0) is 17.8. The molecule has 0 atom stereocenters. The van der Waals surface area contributed by atoms with Crippen molar-refractivity contribution in [2.24, 2.45) is 7.05 Å². The third kappa shape index (κ3) is 3.82. The number of carbonyl (C=O) groups excluding carboxylic acids is 1. The largest absolute Gasteiger partial charge is 0.354 e. The van der Waals surface area contributed by atoms with Gasteiger partial charge in [-0.3, -0.25) is 9.48 Å². The van der Waals surface area contributed by atoms with Crippen molar-refractivity contribution < 1.29 is 4.79 Å². The number of anilines is 3. The molecule has 0 radical (unpaired) electrons. The topological polar surface area (TPSA) is 95.6 Å². The number of carbonyl (C=O) groups is 1. The maximum atomic E-state index is 12.6. The van der Waals surface area contributed by atoms with Crippen LogP contribution in [0.1, 0.15) is 21.7 Å². The van der Waals surface area contributed by atoms with Gasteiger partial charge in [0.15, 0.2) is 11.5 Å². The fourth-order valence-electron chi connectivity index (χ4n) is 2.31. The normalized spacial score (nSPS) is 10.1. The van der Waals surface area contributed by atoms with Gasteiger partial charge in [-0.1, -0.05) is 6.07 Å². The SMILES string of the molecule is Cc1ccc(Nc2cccc(C#N)c2)c(C(=O)Nc2ccn(C)n2)n1. The van der Waals surface area contributed by atoms with Crippen LogP contribution >= 0.6 is 0 Å². The average molecular weight is 332 g/mol. The molecule has 0 aliphatic carbocycles. The van der Waals surface area contributed by atoms with Crippen molar-refractivity contribution in [3.05, 3.63) is 65.6 Å². The molecule has 0 saturated heterocycles. The van der Waals surface area contributed by atoms with Crippen LogP contribution in [-0.2, 0) is 7.05 Å². The van der Waals surface area contributed by atoms with Gasteiger partial charge in [-0.05, 0) is 37.3 Å². The van der Waals surface area contributed by atoms with Crippen molar-refractivity contribution in [1.82, 2.24) is 14.8 Å². The Hall–Kier alpha value is -3.66. The summed E-state index contributed by atoms with van der Waals surface area (Å²) < 4.78 is 1.60.